The number of hydrogen-bond acceptors (Lipinski definition) is 3. The molecule has 1 saturated heterocycles. The summed E-state index contributed by atoms with van der Waals surface area (Å²) in [7, 11) is 0. The Balaban J connectivity index is 1.59. The predicted molar refractivity (Wildman–Crippen MR) is 116 cm³/mol. The van der Waals surface area contributed by atoms with E-state index in [0.29, 0.717) is 0 Å². The molecular formula is C25H32N2O2. The molecule has 1 aliphatic carbocycles. The number of nitrogens with zero attached hydrogens (tertiary/aromatic N) is 1. The van der Waals surface area contributed by atoms with Gasteiger partial charge in [0.2, 0.25) is 0 Å². The molecule has 154 valence electrons. The highest BCUT2D eigenvalue weighted by molar-refractivity contribution is 5.68. The molecular weight excluding hydrogens is 360 g/mol. The van der Waals surface area contributed by atoms with E-state index in [2.05, 4.69) is 58.7 Å². The number of aryl methyl sites for hydroxylation is 2. The third kappa shape index (κ3) is 4.64. The predicted octanol–water partition coefficient (Wildman–Crippen LogP) is 4.86. The largest absolute Gasteiger partial charge is 0.444 e. The number of amides is 1. The molecule has 1 atom stereocenters. The van der Waals surface area contributed by atoms with Crippen molar-refractivity contribution in [2.45, 2.75) is 64.1 Å². The van der Waals surface area contributed by atoms with Crippen LogP contribution >= 0.6 is 0 Å². The zero-order chi connectivity index (χ0) is 20.4. The first-order valence-corrected chi connectivity index (χ1v) is 10.8. The van der Waals surface area contributed by atoms with Gasteiger partial charge in [-0.15, -0.1) is 0 Å². The highest BCUT2D eigenvalue weighted by atomic mass is 16.6. The molecule has 0 aromatic heterocycles. The van der Waals surface area contributed by atoms with Gasteiger partial charge in [0.25, 0.3) is 0 Å². The summed E-state index contributed by atoms with van der Waals surface area (Å²) in [5, 5.41) is 3.11. The lowest BCUT2D eigenvalue weighted by Gasteiger charge is -2.39. The standard InChI is InChI=1S/C25H32N2O2/c1-25(2,3)29-24(28)26-20-11-8-16-27(17-20)23-21-12-6-4-9-18(21)14-15-19-10-5-7-13-22(19)23/h4-7,9-10,12-13,20,23H,8,11,14-17H2,1-3H3,(H,26,28)/t20-/m1/s1. The second-order valence-corrected chi connectivity index (χ2v) is 9.28. The fourth-order valence-electron chi connectivity index (χ4n) is 4.72. The molecule has 1 heterocycles. The van der Waals surface area contributed by atoms with Crippen LogP contribution < -0.4 is 5.32 Å². The van der Waals surface area contributed by atoms with Crippen LogP contribution in [0.4, 0.5) is 4.79 Å². The van der Waals surface area contributed by atoms with Gasteiger partial charge in [-0.1, -0.05) is 48.5 Å². The molecule has 0 spiro atoms. The number of fused-ring (bicyclic) bond motifs is 2. The smallest absolute Gasteiger partial charge is 0.407 e. The Hall–Kier alpha value is -2.33. The van der Waals surface area contributed by atoms with Crippen LogP contribution in [0.3, 0.4) is 0 Å². The molecule has 1 fully saturated rings. The number of benzene rings is 2. The second-order valence-electron chi connectivity index (χ2n) is 9.28. The molecule has 4 rings (SSSR count). The van der Waals surface area contributed by atoms with Gasteiger partial charge in [0.1, 0.15) is 5.60 Å². The minimum absolute atomic E-state index is 0.112. The zero-order valence-electron chi connectivity index (χ0n) is 17.8. The van der Waals surface area contributed by atoms with E-state index in [1.165, 1.54) is 22.3 Å². The molecule has 4 nitrogen and oxygen atoms in total. The van der Waals surface area contributed by atoms with Gasteiger partial charge in [0.15, 0.2) is 0 Å². The number of piperidine rings is 1. The molecule has 0 unspecified atom stereocenters. The molecule has 1 aliphatic heterocycles. The molecule has 2 aromatic carbocycles. The van der Waals surface area contributed by atoms with Crippen LogP contribution in [0.15, 0.2) is 48.5 Å². The molecule has 2 aliphatic rings. The third-order valence-corrected chi connectivity index (χ3v) is 5.90. The van der Waals surface area contributed by atoms with Gasteiger partial charge in [0.05, 0.1) is 6.04 Å². The van der Waals surface area contributed by atoms with Crippen LogP contribution in [0.25, 0.3) is 0 Å². The summed E-state index contributed by atoms with van der Waals surface area (Å²) in [6, 6.07) is 18.1. The average molecular weight is 393 g/mol. The van der Waals surface area contributed by atoms with E-state index in [1.54, 1.807) is 0 Å². The average Bonchev–Trinajstić information content (AvgIpc) is 2.83. The molecule has 2 aromatic rings. The van der Waals surface area contributed by atoms with Crippen LogP contribution in [0.2, 0.25) is 0 Å². The van der Waals surface area contributed by atoms with Crippen molar-refractivity contribution in [2.24, 2.45) is 0 Å². The second kappa shape index (κ2) is 8.19. The SMILES string of the molecule is CC(C)(C)OC(=O)N[C@@H]1CCCN(C2c3ccccc3CCc3ccccc32)C1. The number of carbonyl (C=O) groups excluding carboxylic acids is 1. The Morgan fingerprint density at radius 1 is 1.00 bits per heavy atom. The minimum Gasteiger partial charge on any atom is -0.444 e. The number of ether oxygens (including phenoxy) is 1. The van der Waals surface area contributed by atoms with E-state index >= 15 is 0 Å². The van der Waals surface area contributed by atoms with Crippen molar-refractivity contribution < 1.29 is 9.53 Å². The molecule has 4 heteroatoms. The summed E-state index contributed by atoms with van der Waals surface area (Å²) in [6.07, 6.45) is 3.91. The summed E-state index contributed by atoms with van der Waals surface area (Å²) in [4.78, 5) is 14.9. The first-order chi connectivity index (χ1) is 13.9. The molecule has 29 heavy (non-hydrogen) atoms. The first kappa shape index (κ1) is 20.0. The lowest BCUT2D eigenvalue weighted by atomic mass is 9.91. The van der Waals surface area contributed by atoms with Gasteiger partial charge >= 0.3 is 6.09 Å². The van der Waals surface area contributed by atoms with Gasteiger partial charge in [-0.2, -0.15) is 0 Å². The quantitative estimate of drug-likeness (QED) is 0.793. The van der Waals surface area contributed by atoms with Crippen LogP contribution in [0.1, 0.15) is 61.9 Å². The fourth-order valence-corrected chi connectivity index (χ4v) is 4.72. The topological polar surface area (TPSA) is 41.6 Å². The maximum absolute atomic E-state index is 12.3. The molecule has 0 bridgehead atoms. The van der Waals surface area contributed by atoms with Crippen molar-refractivity contribution in [3.8, 4) is 0 Å². The Morgan fingerprint density at radius 3 is 2.17 bits per heavy atom. The molecule has 0 saturated carbocycles. The Kier molecular flexibility index (Phi) is 5.64. The summed E-state index contributed by atoms with van der Waals surface area (Å²) in [6.45, 7) is 7.59. The maximum Gasteiger partial charge on any atom is 0.407 e. The van der Waals surface area contributed by atoms with E-state index in [-0.39, 0.29) is 18.2 Å². The van der Waals surface area contributed by atoms with E-state index in [9.17, 15) is 4.79 Å². The maximum atomic E-state index is 12.3. The Bertz CT molecular complexity index is 824. The number of carbonyl (C=O) groups is 1. The van der Waals surface area contributed by atoms with Crippen LogP contribution in [-0.4, -0.2) is 35.7 Å². The van der Waals surface area contributed by atoms with Crippen molar-refractivity contribution in [2.75, 3.05) is 13.1 Å². The monoisotopic (exact) mass is 392 g/mol. The van der Waals surface area contributed by atoms with Gasteiger partial charge in [-0.25, -0.2) is 4.79 Å². The summed E-state index contributed by atoms with van der Waals surface area (Å²) in [5.41, 5.74) is 5.23. The Morgan fingerprint density at radius 2 is 1.59 bits per heavy atom. The number of likely N-dealkylation sites (tertiary alicyclic amines) is 1. The van der Waals surface area contributed by atoms with Crippen molar-refractivity contribution in [1.82, 2.24) is 10.2 Å². The van der Waals surface area contributed by atoms with E-state index in [1.807, 2.05) is 20.8 Å². The number of alkyl carbamates (subject to hydrolysis) is 1. The van der Waals surface area contributed by atoms with Gasteiger partial charge in [-0.05, 0) is 75.3 Å². The lowest BCUT2D eigenvalue weighted by Crippen LogP contribution is -2.50. The van der Waals surface area contributed by atoms with E-state index in [0.717, 1.165) is 38.8 Å². The number of nitrogens with one attached hydrogen (secondary N) is 1. The first-order valence-electron chi connectivity index (χ1n) is 10.8. The fraction of sp³-hybridized carbons (Fsp3) is 0.480. The van der Waals surface area contributed by atoms with Crippen LogP contribution in [0.5, 0.6) is 0 Å². The minimum atomic E-state index is -0.475. The van der Waals surface area contributed by atoms with Crippen molar-refractivity contribution >= 4 is 6.09 Å². The lowest BCUT2D eigenvalue weighted by molar-refractivity contribution is 0.0462. The summed E-state index contributed by atoms with van der Waals surface area (Å²) < 4.78 is 5.49. The summed E-state index contributed by atoms with van der Waals surface area (Å²) >= 11 is 0. The normalized spacial score (nSPS) is 20.3. The summed E-state index contributed by atoms with van der Waals surface area (Å²) in [5.74, 6) is 0. The van der Waals surface area contributed by atoms with Gasteiger partial charge < -0.3 is 10.1 Å². The highest BCUT2D eigenvalue weighted by Gasteiger charge is 2.32. The van der Waals surface area contributed by atoms with Crippen LogP contribution in [-0.2, 0) is 17.6 Å². The Labute approximate surface area is 174 Å². The highest BCUT2D eigenvalue weighted by Crippen LogP contribution is 2.38. The van der Waals surface area contributed by atoms with Crippen LogP contribution in [0, 0.1) is 0 Å². The van der Waals surface area contributed by atoms with E-state index in [4.69, 9.17) is 4.74 Å². The van der Waals surface area contributed by atoms with Gasteiger partial charge in [-0.3, -0.25) is 4.90 Å². The molecule has 1 N–H and O–H groups in total. The number of hydrogen-bond donors (Lipinski definition) is 1. The van der Waals surface area contributed by atoms with Crippen molar-refractivity contribution in [3.63, 3.8) is 0 Å². The van der Waals surface area contributed by atoms with Crippen molar-refractivity contribution in [3.05, 3.63) is 70.8 Å². The van der Waals surface area contributed by atoms with Crippen molar-refractivity contribution in [1.29, 1.82) is 0 Å². The third-order valence-electron chi connectivity index (χ3n) is 5.90. The van der Waals surface area contributed by atoms with Gasteiger partial charge in [0, 0.05) is 12.6 Å². The number of rotatable bonds is 2. The molecule has 0 radical (unpaired) electrons. The molecule has 1 amide bonds. The zero-order valence-corrected chi connectivity index (χ0v) is 17.8. The van der Waals surface area contributed by atoms with E-state index < -0.39 is 5.60 Å².